The number of hydrogen-bond acceptors (Lipinski definition) is 3. The van der Waals surface area contributed by atoms with Gasteiger partial charge >= 0.3 is 0 Å². The zero-order valence-corrected chi connectivity index (χ0v) is 15.7. The summed E-state index contributed by atoms with van der Waals surface area (Å²) in [5, 5.41) is 3.18. The van der Waals surface area contributed by atoms with E-state index < -0.39 is 0 Å². The third kappa shape index (κ3) is 5.29. The molecule has 0 heterocycles. The van der Waals surface area contributed by atoms with Crippen molar-refractivity contribution in [2.45, 2.75) is 33.3 Å². The number of rotatable bonds is 6. The molecule has 25 heavy (non-hydrogen) atoms. The van der Waals surface area contributed by atoms with Gasteiger partial charge in [0.1, 0.15) is 5.75 Å². The van der Waals surface area contributed by atoms with Crippen molar-refractivity contribution in [3.8, 4) is 5.75 Å². The second kappa shape index (κ2) is 9.18. The number of anilines is 1. The normalized spacial score (nSPS) is 11.5. The van der Waals surface area contributed by atoms with Crippen LogP contribution in [-0.2, 0) is 0 Å². The smallest absolute Gasteiger partial charge is 0.257 e. The number of nitrogens with one attached hydrogen (secondary N) is 1. The van der Waals surface area contributed by atoms with Crippen molar-refractivity contribution >= 4 is 28.9 Å². The van der Waals surface area contributed by atoms with Crippen molar-refractivity contribution in [3.05, 3.63) is 60.2 Å². The van der Waals surface area contributed by atoms with Crippen LogP contribution in [0, 0.1) is 0 Å². The summed E-state index contributed by atoms with van der Waals surface area (Å²) in [6.45, 7) is 6.72. The number of nitrogens with zero attached hydrogens (tertiary/aromatic N) is 1. The molecule has 0 bridgehead atoms. The monoisotopic (exact) mass is 356 g/mol. The zero-order chi connectivity index (χ0) is 18.2. The molecule has 0 spiro atoms. The number of thiocarbonyl (C=S) groups is 1. The Kier molecular flexibility index (Phi) is 6.95. The number of benzene rings is 2. The van der Waals surface area contributed by atoms with E-state index in [1.807, 2.05) is 61.2 Å². The van der Waals surface area contributed by atoms with Crippen LogP contribution in [-0.4, -0.2) is 23.7 Å². The standard InChI is InChI=1S/C20H24N2O2S/c1-4-15(3)24-18-13-9-10-16(14-18)19(23)21-20(25)22(5-2)17-11-7-6-8-12-17/h6-15H,4-5H2,1-3H3,(H,21,23,25). The summed E-state index contributed by atoms with van der Waals surface area (Å²) in [5.74, 6) is 0.442. The molecule has 0 aliphatic heterocycles. The minimum atomic E-state index is -0.242. The Morgan fingerprint density at radius 2 is 1.88 bits per heavy atom. The number of ether oxygens (including phenoxy) is 1. The minimum absolute atomic E-state index is 0.105. The molecule has 0 saturated heterocycles. The molecule has 0 aliphatic rings. The molecule has 0 fully saturated rings. The molecular formula is C20H24N2O2S. The number of carbonyl (C=O) groups is 1. The van der Waals surface area contributed by atoms with Gasteiger partial charge in [-0.15, -0.1) is 0 Å². The highest BCUT2D eigenvalue weighted by molar-refractivity contribution is 7.80. The lowest BCUT2D eigenvalue weighted by atomic mass is 10.2. The van der Waals surface area contributed by atoms with Crippen LogP contribution in [0.3, 0.4) is 0 Å². The van der Waals surface area contributed by atoms with Crippen LogP contribution in [0.2, 0.25) is 0 Å². The van der Waals surface area contributed by atoms with Crippen molar-refractivity contribution < 1.29 is 9.53 Å². The van der Waals surface area contributed by atoms with E-state index in [1.165, 1.54) is 0 Å². The SMILES string of the molecule is CCC(C)Oc1cccc(C(=O)NC(=S)N(CC)c2ccccc2)c1. The Bertz CT molecular complexity index is 719. The van der Waals surface area contributed by atoms with Gasteiger partial charge in [-0.25, -0.2) is 0 Å². The molecule has 0 aromatic heterocycles. The summed E-state index contributed by atoms with van der Waals surface area (Å²) in [6, 6.07) is 16.9. The van der Waals surface area contributed by atoms with Gasteiger partial charge in [-0.2, -0.15) is 0 Å². The molecular weight excluding hydrogens is 332 g/mol. The predicted molar refractivity (Wildman–Crippen MR) is 106 cm³/mol. The first-order valence-electron chi connectivity index (χ1n) is 8.49. The highest BCUT2D eigenvalue weighted by Crippen LogP contribution is 2.17. The zero-order valence-electron chi connectivity index (χ0n) is 14.9. The Labute approximate surface area is 154 Å². The molecule has 1 N–H and O–H groups in total. The van der Waals surface area contributed by atoms with Crippen molar-refractivity contribution in [2.75, 3.05) is 11.4 Å². The van der Waals surface area contributed by atoms with E-state index in [1.54, 1.807) is 12.1 Å². The molecule has 0 saturated carbocycles. The van der Waals surface area contributed by atoms with Gasteiger partial charge in [0, 0.05) is 17.8 Å². The first-order valence-corrected chi connectivity index (χ1v) is 8.90. The van der Waals surface area contributed by atoms with Crippen LogP contribution in [0.25, 0.3) is 0 Å². The summed E-state index contributed by atoms with van der Waals surface area (Å²) < 4.78 is 5.77. The molecule has 5 heteroatoms. The molecule has 1 amide bonds. The van der Waals surface area contributed by atoms with Crippen molar-refractivity contribution in [1.29, 1.82) is 0 Å². The van der Waals surface area contributed by atoms with Crippen LogP contribution < -0.4 is 15.0 Å². The van der Waals surface area contributed by atoms with Gasteiger partial charge in [-0.1, -0.05) is 31.2 Å². The van der Waals surface area contributed by atoms with Gasteiger partial charge in [0.2, 0.25) is 0 Å². The molecule has 2 aromatic carbocycles. The topological polar surface area (TPSA) is 41.6 Å². The molecule has 132 valence electrons. The molecule has 2 rings (SSSR count). The van der Waals surface area contributed by atoms with E-state index >= 15 is 0 Å². The minimum Gasteiger partial charge on any atom is -0.491 e. The number of carbonyl (C=O) groups excluding carboxylic acids is 1. The summed E-state index contributed by atoms with van der Waals surface area (Å²) >= 11 is 5.42. The predicted octanol–water partition coefficient (Wildman–Crippen LogP) is 4.41. The van der Waals surface area contributed by atoms with Gasteiger partial charge in [-0.05, 0) is 62.8 Å². The van der Waals surface area contributed by atoms with Gasteiger partial charge < -0.3 is 9.64 Å². The average Bonchev–Trinajstić information content (AvgIpc) is 2.63. The van der Waals surface area contributed by atoms with Crippen LogP contribution in [0.1, 0.15) is 37.6 Å². The Balaban J connectivity index is 2.08. The van der Waals surface area contributed by atoms with E-state index in [2.05, 4.69) is 12.2 Å². The highest BCUT2D eigenvalue weighted by atomic mass is 32.1. The second-order valence-corrected chi connectivity index (χ2v) is 6.09. The molecule has 1 unspecified atom stereocenters. The summed E-state index contributed by atoms with van der Waals surface area (Å²) in [5.41, 5.74) is 1.47. The molecule has 1 atom stereocenters. The highest BCUT2D eigenvalue weighted by Gasteiger charge is 2.15. The van der Waals surface area contributed by atoms with Crippen LogP contribution in [0.5, 0.6) is 5.75 Å². The van der Waals surface area contributed by atoms with Crippen LogP contribution >= 0.6 is 12.2 Å². The first kappa shape index (κ1) is 18.9. The number of para-hydroxylation sites is 1. The fourth-order valence-electron chi connectivity index (χ4n) is 2.31. The lowest BCUT2D eigenvalue weighted by Crippen LogP contribution is -2.42. The molecule has 2 aromatic rings. The second-order valence-electron chi connectivity index (χ2n) is 5.70. The van der Waals surface area contributed by atoms with Crippen LogP contribution in [0.4, 0.5) is 5.69 Å². The van der Waals surface area contributed by atoms with E-state index in [9.17, 15) is 4.79 Å². The molecule has 4 nitrogen and oxygen atoms in total. The molecule has 0 aliphatic carbocycles. The lowest BCUT2D eigenvalue weighted by molar-refractivity contribution is 0.0976. The largest absolute Gasteiger partial charge is 0.491 e. The Hall–Kier alpha value is -2.40. The van der Waals surface area contributed by atoms with E-state index in [-0.39, 0.29) is 12.0 Å². The van der Waals surface area contributed by atoms with Crippen molar-refractivity contribution in [2.24, 2.45) is 0 Å². The van der Waals surface area contributed by atoms with Crippen molar-refractivity contribution in [3.63, 3.8) is 0 Å². The number of hydrogen-bond donors (Lipinski definition) is 1. The van der Waals surface area contributed by atoms with E-state index in [4.69, 9.17) is 17.0 Å². The summed E-state index contributed by atoms with van der Waals surface area (Å²) in [7, 11) is 0. The van der Waals surface area contributed by atoms with Gasteiger partial charge in [0.15, 0.2) is 5.11 Å². The molecule has 0 radical (unpaired) electrons. The first-order chi connectivity index (χ1) is 12.0. The third-order valence-electron chi connectivity index (χ3n) is 3.86. The maximum Gasteiger partial charge on any atom is 0.257 e. The van der Waals surface area contributed by atoms with E-state index in [0.717, 1.165) is 12.1 Å². The quantitative estimate of drug-likeness (QED) is 0.779. The van der Waals surface area contributed by atoms with Crippen LogP contribution in [0.15, 0.2) is 54.6 Å². The third-order valence-corrected chi connectivity index (χ3v) is 4.18. The number of amides is 1. The maximum atomic E-state index is 12.5. The van der Waals surface area contributed by atoms with Crippen molar-refractivity contribution in [1.82, 2.24) is 5.32 Å². The Morgan fingerprint density at radius 1 is 1.16 bits per heavy atom. The lowest BCUT2D eigenvalue weighted by Gasteiger charge is -2.24. The summed E-state index contributed by atoms with van der Waals surface area (Å²) in [6.07, 6.45) is 1.01. The van der Waals surface area contributed by atoms with E-state index in [0.29, 0.717) is 23.0 Å². The Morgan fingerprint density at radius 3 is 2.52 bits per heavy atom. The van der Waals surface area contributed by atoms with Gasteiger partial charge in [0.05, 0.1) is 6.10 Å². The fourth-order valence-corrected chi connectivity index (χ4v) is 2.64. The maximum absolute atomic E-state index is 12.5. The summed E-state index contributed by atoms with van der Waals surface area (Å²) in [4.78, 5) is 14.4. The fraction of sp³-hybridized carbons (Fsp3) is 0.300. The van der Waals surface area contributed by atoms with Gasteiger partial charge in [0.25, 0.3) is 5.91 Å². The van der Waals surface area contributed by atoms with Gasteiger partial charge in [-0.3, -0.25) is 10.1 Å². The average molecular weight is 356 g/mol.